The lowest BCUT2D eigenvalue weighted by molar-refractivity contribution is 0.0375. The van der Waals surface area contributed by atoms with E-state index in [-0.39, 0.29) is 0 Å². The molecule has 0 amide bonds. The molecule has 0 aromatic rings. The van der Waals surface area contributed by atoms with Crippen LogP contribution < -0.4 is 0 Å². The van der Waals surface area contributed by atoms with E-state index in [1.165, 1.54) is 45.2 Å². The number of nitrogens with zero attached hydrogens (tertiary/aromatic N) is 2. The molecule has 2 aliphatic rings. The summed E-state index contributed by atoms with van der Waals surface area (Å²) in [7, 11) is 0. The van der Waals surface area contributed by atoms with Crippen molar-refractivity contribution in [2.75, 3.05) is 13.1 Å². The number of rotatable bonds is 2. The van der Waals surface area contributed by atoms with Crippen molar-refractivity contribution >= 4 is 0 Å². The van der Waals surface area contributed by atoms with Gasteiger partial charge in [-0.1, -0.05) is 19.3 Å². The highest BCUT2D eigenvalue weighted by Crippen LogP contribution is 2.29. The molecule has 1 saturated heterocycles. The van der Waals surface area contributed by atoms with E-state index in [2.05, 4.69) is 11.0 Å². The first-order valence-electron chi connectivity index (χ1n) is 5.51. The lowest BCUT2D eigenvalue weighted by Crippen LogP contribution is -2.52. The molecule has 1 saturated carbocycles. The first-order chi connectivity index (χ1) is 6.40. The number of likely N-dealkylation sites (tertiary alicyclic amines) is 1. The molecule has 1 aliphatic carbocycles. The van der Waals surface area contributed by atoms with Gasteiger partial charge in [-0.25, -0.2) is 0 Å². The van der Waals surface area contributed by atoms with Crippen molar-refractivity contribution in [3.05, 3.63) is 0 Å². The summed E-state index contributed by atoms with van der Waals surface area (Å²) < 4.78 is 0. The molecule has 2 nitrogen and oxygen atoms in total. The quantitative estimate of drug-likeness (QED) is 0.648. The third-order valence-electron chi connectivity index (χ3n) is 3.46. The molecule has 0 unspecified atom stereocenters. The van der Waals surface area contributed by atoms with Crippen molar-refractivity contribution in [3.63, 3.8) is 0 Å². The number of hydrogen-bond donors (Lipinski definition) is 0. The van der Waals surface area contributed by atoms with E-state index in [0.29, 0.717) is 5.92 Å². The second kappa shape index (κ2) is 4.11. The van der Waals surface area contributed by atoms with Crippen LogP contribution in [-0.2, 0) is 0 Å². The molecule has 0 spiro atoms. The van der Waals surface area contributed by atoms with Gasteiger partial charge in [0.25, 0.3) is 0 Å². The van der Waals surface area contributed by atoms with Gasteiger partial charge in [0.2, 0.25) is 0 Å². The van der Waals surface area contributed by atoms with Crippen LogP contribution in [0.15, 0.2) is 0 Å². The first-order valence-corrected chi connectivity index (χ1v) is 5.51. The lowest BCUT2D eigenvalue weighted by atomic mass is 9.88. The Morgan fingerprint density at radius 1 is 1.15 bits per heavy atom. The van der Waals surface area contributed by atoms with Crippen LogP contribution in [-0.4, -0.2) is 24.0 Å². The van der Waals surface area contributed by atoms with Gasteiger partial charge in [0.05, 0.1) is 6.07 Å². The van der Waals surface area contributed by atoms with Gasteiger partial charge in [-0.3, -0.25) is 4.90 Å². The zero-order valence-corrected chi connectivity index (χ0v) is 8.21. The van der Waals surface area contributed by atoms with Crippen molar-refractivity contribution < 1.29 is 0 Å². The highest BCUT2D eigenvalue weighted by Gasteiger charge is 2.32. The maximum atomic E-state index is 8.53. The standard InChI is InChI=1S/C11H18N2/c12-7-6-10-8-13(9-10)11-4-2-1-3-5-11/h10-11H,1-6,8-9H2. The molecule has 0 bridgehead atoms. The Kier molecular flexibility index (Phi) is 2.85. The van der Waals surface area contributed by atoms with Crippen LogP contribution in [0.5, 0.6) is 0 Å². The van der Waals surface area contributed by atoms with Crippen LogP contribution >= 0.6 is 0 Å². The zero-order chi connectivity index (χ0) is 9.10. The molecule has 0 aromatic carbocycles. The van der Waals surface area contributed by atoms with E-state index >= 15 is 0 Å². The van der Waals surface area contributed by atoms with Crippen molar-refractivity contribution in [3.8, 4) is 6.07 Å². The highest BCUT2D eigenvalue weighted by molar-refractivity contribution is 4.90. The third-order valence-corrected chi connectivity index (χ3v) is 3.46. The fourth-order valence-corrected chi connectivity index (χ4v) is 2.61. The fraction of sp³-hybridized carbons (Fsp3) is 0.909. The zero-order valence-electron chi connectivity index (χ0n) is 8.21. The van der Waals surface area contributed by atoms with E-state index in [0.717, 1.165) is 12.5 Å². The Balaban J connectivity index is 1.70. The minimum absolute atomic E-state index is 0.687. The Morgan fingerprint density at radius 2 is 1.85 bits per heavy atom. The van der Waals surface area contributed by atoms with Crippen LogP contribution in [0.4, 0.5) is 0 Å². The molecule has 13 heavy (non-hydrogen) atoms. The Labute approximate surface area is 80.5 Å². The summed E-state index contributed by atoms with van der Waals surface area (Å²) >= 11 is 0. The van der Waals surface area contributed by atoms with Crippen molar-refractivity contribution in [2.24, 2.45) is 5.92 Å². The molecule has 2 heteroatoms. The molecule has 0 atom stereocenters. The fourth-order valence-electron chi connectivity index (χ4n) is 2.61. The van der Waals surface area contributed by atoms with Gasteiger partial charge in [0.15, 0.2) is 0 Å². The maximum absolute atomic E-state index is 8.53. The maximum Gasteiger partial charge on any atom is 0.0625 e. The number of nitriles is 1. The van der Waals surface area contributed by atoms with Gasteiger partial charge in [0, 0.05) is 25.6 Å². The average molecular weight is 178 g/mol. The van der Waals surface area contributed by atoms with Crippen LogP contribution in [0.1, 0.15) is 38.5 Å². The summed E-state index contributed by atoms with van der Waals surface area (Å²) in [4.78, 5) is 2.58. The molecule has 0 aromatic heterocycles. The Bertz CT molecular complexity index is 195. The van der Waals surface area contributed by atoms with Gasteiger partial charge in [-0.15, -0.1) is 0 Å². The molecule has 0 radical (unpaired) electrons. The molecule has 2 fully saturated rings. The summed E-state index contributed by atoms with van der Waals surface area (Å²) in [5, 5.41) is 8.53. The minimum atomic E-state index is 0.687. The summed E-state index contributed by atoms with van der Waals surface area (Å²) in [6.45, 7) is 2.39. The Hall–Kier alpha value is -0.550. The molecule has 1 heterocycles. The average Bonchev–Trinajstić information content (AvgIpc) is 2.12. The molecule has 72 valence electrons. The number of hydrogen-bond acceptors (Lipinski definition) is 2. The van der Waals surface area contributed by atoms with Gasteiger partial charge < -0.3 is 0 Å². The predicted octanol–water partition coefficient (Wildman–Crippen LogP) is 2.16. The summed E-state index contributed by atoms with van der Waals surface area (Å²) in [5.41, 5.74) is 0. The van der Waals surface area contributed by atoms with E-state index < -0.39 is 0 Å². The van der Waals surface area contributed by atoms with Gasteiger partial charge in [0.1, 0.15) is 0 Å². The van der Waals surface area contributed by atoms with Gasteiger partial charge >= 0.3 is 0 Å². The normalized spacial score (nSPS) is 26.7. The lowest BCUT2D eigenvalue weighted by Gasteiger charge is -2.45. The van der Waals surface area contributed by atoms with Crippen molar-refractivity contribution in [1.82, 2.24) is 4.90 Å². The topological polar surface area (TPSA) is 27.0 Å². The van der Waals surface area contributed by atoms with E-state index in [9.17, 15) is 0 Å². The second-order valence-corrected chi connectivity index (χ2v) is 4.47. The molecular weight excluding hydrogens is 160 g/mol. The third kappa shape index (κ3) is 2.03. The summed E-state index contributed by atoms with van der Waals surface area (Å²) in [6, 6.07) is 3.13. The monoisotopic (exact) mass is 178 g/mol. The van der Waals surface area contributed by atoms with Crippen LogP contribution in [0, 0.1) is 17.2 Å². The van der Waals surface area contributed by atoms with E-state index in [1.807, 2.05) is 0 Å². The highest BCUT2D eigenvalue weighted by atomic mass is 15.2. The van der Waals surface area contributed by atoms with Crippen LogP contribution in [0.2, 0.25) is 0 Å². The second-order valence-electron chi connectivity index (χ2n) is 4.47. The van der Waals surface area contributed by atoms with Crippen molar-refractivity contribution in [2.45, 2.75) is 44.6 Å². The Morgan fingerprint density at radius 3 is 2.46 bits per heavy atom. The molecular formula is C11H18N2. The largest absolute Gasteiger partial charge is 0.300 e. The minimum Gasteiger partial charge on any atom is -0.300 e. The van der Waals surface area contributed by atoms with E-state index in [4.69, 9.17) is 5.26 Å². The SMILES string of the molecule is N#CCC1CN(C2CCCCC2)C1. The first kappa shape index (κ1) is 9.02. The molecule has 2 rings (SSSR count). The summed E-state index contributed by atoms with van der Waals surface area (Å²) in [6.07, 6.45) is 7.85. The summed E-state index contributed by atoms with van der Waals surface area (Å²) in [5.74, 6) is 0.687. The van der Waals surface area contributed by atoms with Gasteiger partial charge in [-0.05, 0) is 18.8 Å². The van der Waals surface area contributed by atoms with E-state index in [1.54, 1.807) is 0 Å². The smallest absolute Gasteiger partial charge is 0.0625 e. The van der Waals surface area contributed by atoms with Crippen molar-refractivity contribution in [1.29, 1.82) is 5.26 Å². The predicted molar refractivity (Wildman–Crippen MR) is 52.2 cm³/mol. The van der Waals surface area contributed by atoms with Gasteiger partial charge in [-0.2, -0.15) is 5.26 Å². The molecule has 1 aliphatic heterocycles. The van der Waals surface area contributed by atoms with Crippen LogP contribution in [0.3, 0.4) is 0 Å². The molecule has 0 N–H and O–H groups in total. The van der Waals surface area contributed by atoms with Crippen LogP contribution in [0.25, 0.3) is 0 Å².